The highest BCUT2D eigenvalue weighted by atomic mass is 35.5. The van der Waals surface area contributed by atoms with Gasteiger partial charge in [0.05, 0.1) is 6.04 Å². The van der Waals surface area contributed by atoms with Crippen molar-refractivity contribution >= 4 is 34.8 Å². The van der Waals surface area contributed by atoms with Gasteiger partial charge in [0.25, 0.3) is 0 Å². The number of aromatic nitrogens is 4. The molecule has 3 heterocycles. The third-order valence-electron chi connectivity index (χ3n) is 3.40. The Balaban J connectivity index is 1.77. The largest absolute Gasteiger partial charge is 0.345 e. The molecule has 8 heteroatoms. The van der Waals surface area contributed by atoms with Crippen molar-refractivity contribution in [3.8, 4) is 0 Å². The van der Waals surface area contributed by atoms with E-state index in [0.29, 0.717) is 11.9 Å². The van der Waals surface area contributed by atoms with E-state index in [1.807, 2.05) is 12.3 Å². The van der Waals surface area contributed by atoms with Gasteiger partial charge in [-0.2, -0.15) is 15.0 Å². The second-order valence-corrected chi connectivity index (χ2v) is 6.28. The Morgan fingerprint density at radius 1 is 1.24 bits per heavy atom. The van der Waals surface area contributed by atoms with Crippen LogP contribution in [0.4, 0.5) is 11.9 Å². The summed E-state index contributed by atoms with van der Waals surface area (Å²) in [5, 5.41) is 6.40. The molecule has 0 spiro atoms. The fourth-order valence-electron chi connectivity index (χ4n) is 2.34. The van der Waals surface area contributed by atoms with E-state index in [4.69, 9.17) is 11.6 Å². The Kier molecular flexibility index (Phi) is 4.50. The molecule has 1 atom stereocenters. The fraction of sp³-hybridized carbons (Fsp3) is 0.538. The molecule has 0 aliphatic carbocycles. The maximum Gasteiger partial charge on any atom is 0.231 e. The van der Waals surface area contributed by atoms with Crippen molar-refractivity contribution in [3.05, 3.63) is 21.9 Å². The molecule has 1 unspecified atom stereocenters. The van der Waals surface area contributed by atoms with E-state index in [0.717, 1.165) is 18.1 Å². The molecule has 21 heavy (non-hydrogen) atoms. The first-order valence-electron chi connectivity index (χ1n) is 7.05. The third kappa shape index (κ3) is 3.59. The van der Waals surface area contributed by atoms with Gasteiger partial charge in [0, 0.05) is 24.7 Å². The first kappa shape index (κ1) is 14.5. The molecule has 1 aliphatic rings. The maximum atomic E-state index is 6.04. The molecule has 1 fully saturated rings. The number of rotatable bonds is 4. The highest BCUT2D eigenvalue weighted by molar-refractivity contribution is 7.09. The van der Waals surface area contributed by atoms with Gasteiger partial charge in [-0.25, -0.2) is 4.98 Å². The van der Waals surface area contributed by atoms with Crippen LogP contribution in [0.2, 0.25) is 5.28 Å². The molecule has 2 aromatic rings. The smallest absolute Gasteiger partial charge is 0.231 e. The number of piperidine rings is 1. The van der Waals surface area contributed by atoms with Crippen LogP contribution in [0.3, 0.4) is 0 Å². The van der Waals surface area contributed by atoms with E-state index >= 15 is 0 Å². The summed E-state index contributed by atoms with van der Waals surface area (Å²) < 4.78 is 0. The summed E-state index contributed by atoms with van der Waals surface area (Å²) >= 11 is 7.63. The number of thiazole rings is 1. The number of nitrogens with zero attached hydrogens (tertiary/aromatic N) is 5. The van der Waals surface area contributed by atoms with Gasteiger partial charge >= 0.3 is 0 Å². The van der Waals surface area contributed by atoms with Crippen LogP contribution in [0.1, 0.15) is 37.2 Å². The normalized spacial score (nSPS) is 16.8. The van der Waals surface area contributed by atoms with Crippen LogP contribution in [0.15, 0.2) is 11.6 Å². The van der Waals surface area contributed by atoms with Gasteiger partial charge in [0.1, 0.15) is 5.01 Å². The van der Waals surface area contributed by atoms with Gasteiger partial charge in [0.2, 0.25) is 17.2 Å². The zero-order chi connectivity index (χ0) is 14.7. The van der Waals surface area contributed by atoms with Crippen LogP contribution in [0, 0.1) is 0 Å². The summed E-state index contributed by atoms with van der Waals surface area (Å²) in [5.74, 6) is 1.15. The maximum absolute atomic E-state index is 6.04. The molecule has 0 radical (unpaired) electrons. The first-order valence-corrected chi connectivity index (χ1v) is 8.30. The van der Waals surface area contributed by atoms with Gasteiger partial charge in [-0.05, 0) is 37.8 Å². The van der Waals surface area contributed by atoms with Gasteiger partial charge in [-0.1, -0.05) is 0 Å². The Morgan fingerprint density at radius 3 is 2.76 bits per heavy atom. The van der Waals surface area contributed by atoms with Crippen molar-refractivity contribution in [1.82, 2.24) is 19.9 Å². The Bertz CT molecular complexity index is 584. The van der Waals surface area contributed by atoms with E-state index in [9.17, 15) is 0 Å². The lowest BCUT2D eigenvalue weighted by molar-refractivity contribution is 0.567. The average molecular weight is 325 g/mol. The summed E-state index contributed by atoms with van der Waals surface area (Å²) in [6.07, 6.45) is 5.39. The second-order valence-electron chi connectivity index (χ2n) is 5.01. The monoisotopic (exact) mass is 324 g/mol. The highest BCUT2D eigenvalue weighted by Crippen LogP contribution is 2.22. The fourth-order valence-corrected chi connectivity index (χ4v) is 3.14. The summed E-state index contributed by atoms with van der Waals surface area (Å²) in [5.41, 5.74) is 0. The number of anilines is 2. The molecule has 0 aromatic carbocycles. The molecule has 3 rings (SSSR count). The minimum Gasteiger partial charge on any atom is -0.345 e. The van der Waals surface area contributed by atoms with Crippen LogP contribution in [0.5, 0.6) is 0 Å². The Hall–Kier alpha value is -1.47. The number of nitrogens with one attached hydrogen (secondary N) is 1. The van der Waals surface area contributed by atoms with E-state index in [-0.39, 0.29) is 11.3 Å². The first-order chi connectivity index (χ1) is 10.2. The lowest BCUT2D eigenvalue weighted by Crippen LogP contribution is -2.31. The number of halogens is 1. The van der Waals surface area contributed by atoms with Crippen LogP contribution < -0.4 is 10.2 Å². The van der Waals surface area contributed by atoms with E-state index < -0.39 is 0 Å². The predicted molar refractivity (Wildman–Crippen MR) is 85.1 cm³/mol. The molecule has 1 aliphatic heterocycles. The molecule has 0 amide bonds. The van der Waals surface area contributed by atoms with Gasteiger partial charge in [-0.3, -0.25) is 0 Å². The average Bonchev–Trinajstić information content (AvgIpc) is 3.02. The van der Waals surface area contributed by atoms with Crippen molar-refractivity contribution in [1.29, 1.82) is 0 Å². The van der Waals surface area contributed by atoms with E-state index in [1.165, 1.54) is 19.3 Å². The lowest BCUT2D eigenvalue weighted by Gasteiger charge is -2.26. The lowest BCUT2D eigenvalue weighted by atomic mass is 10.1. The summed E-state index contributed by atoms with van der Waals surface area (Å²) in [6.45, 7) is 3.97. The zero-order valence-corrected chi connectivity index (χ0v) is 13.4. The van der Waals surface area contributed by atoms with Crippen molar-refractivity contribution in [2.24, 2.45) is 0 Å². The topological polar surface area (TPSA) is 66.8 Å². The minimum atomic E-state index is 0.0395. The van der Waals surface area contributed by atoms with Crippen molar-refractivity contribution in [2.75, 3.05) is 23.3 Å². The molecule has 2 aromatic heterocycles. The minimum absolute atomic E-state index is 0.0395. The molecule has 0 saturated carbocycles. The second kappa shape index (κ2) is 6.53. The summed E-state index contributed by atoms with van der Waals surface area (Å²) in [7, 11) is 0. The molecule has 6 nitrogen and oxygen atoms in total. The predicted octanol–water partition coefficient (Wildman–Crippen LogP) is 3.14. The van der Waals surface area contributed by atoms with Crippen molar-refractivity contribution in [2.45, 2.75) is 32.2 Å². The summed E-state index contributed by atoms with van der Waals surface area (Å²) in [6, 6.07) is 0.0395. The van der Waals surface area contributed by atoms with E-state index in [1.54, 1.807) is 17.5 Å². The van der Waals surface area contributed by atoms with Gasteiger partial charge in [0.15, 0.2) is 0 Å². The standard InChI is InChI=1S/C13H17ClN6S/c1-9(10-15-5-8-21-10)16-12-17-11(14)18-13(19-12)20-6-3-2-4-7-20/h5,8-9H,2-4,6-7H2,1H3,(H,16,17,18,19). The number of hydrogen-bond donors (Lipinski definition) is 1. The molecule has 1 saturated heterocycles. The molecular weight excluding hydrogens is 308 g/mol. The quantitative estimate of drug-likeness (QED) is 0.932. The van der Waals surface area contributed by atoms with Crippen LogP contribution >= 0.6 is 22.9 Å². The molecular formula is C13H17ClN6S. The van der Waals surface area contributed by atoms with Gasteiger partial charge in [-0.15, -0.1) is 11.3 Å². The third-order valence-corrected chi connectivity index (χ3v) is 4.53. The zero-order valence-electron chi connectivity index (χ0n) is 11.8. The molecule has 0 bridgehead atoms. The SMILES string of the molecule is CC(Nc1nc(Cl)nc(N2CCCCC2)n1)c1nccs1. The van der Waals surface area contributed by atoms with Gasteiger partial charge < -0.3 is 10.2 Å². The summed E-state index contributed by atoms with van der Waals surface area (Å²) in [4.78, 5) is 19.3. The number of hydrogen-bond acceptors (Lipinski definition) is 7. The van der Waals surface area contributed by atoms with Crippen molar-refractivity contribution in [3.63, 3.8) is 0 Å². The Morgan fingerprint density at radius 2 is 2.05 bits per heavy atom. The van der Waals surface area contributed by atoms with Crippen LogP contribution in [-0.4, -0.2) is 33.0 Å². The molecule has 1 N–H and O–H groups in total. The van der Waals surface area contributed by atoms with Crippen LogP contribution in [0.25, 0.3) is 0 Å². The van der Waals surface area contributed by atoms with E-state index in [2.05, 4.69) is 30.2 Å². The van der Waals surface area contributed by atoms with Crippen LogP contribution in [-0.2, 0) is 0 Å². The Labute approximate surface area is 132 Å². The highest BCUT2D eigenvalue weighted by Gasteiger charge is 2.17. The van der Waals surface area contributed by atoms with Crippen molar-refractivity contribution < 1.29 is 0 Å². The molecule has 112 valence electrons.